The van der Waals surface area contributed by atoms with Crippen molar-refractivity contribution in [3.05, 3.63) is 119 Å². The Kier molecular flexibility index (Phi) is 7.39. The van der Waals surface area contributed by atoms with Crippen LogP contribution in [0, 0.1) is 19.7 Å². The van der Waals surface area contributed by atoms with Crippen LogP contribution < -0.4 is 4.74 Å². The lowest BCUT2D eigenvalue weighted by atomic mass is 9.83. The third kappa shape index (κ3) is 5.75. The molecule has 0 bridgehead atoms. The van der Waals surface area contributed by atoms with Crippen LogP contribution in [0.5, 0.6) is 5.75 Å². The molecule has 36 heavy (non-hydrogen) atoms. The fourth-order valence-corrected chi connectivity index (χ4v) is 4.30. The average Bonchev–Trinajstić information content (AvgIpc) is 2.86. The zero-order valence-electron chi connectivity index (χ0n) is 19.9. The molecule has 0 spiro atoms. The summed E-state index contributed by atoms with van der Waals surface area (Å²) in [6.45, 7) is 3.74. The first-order valence-corrected chi connectivity index (χ1v) is 11.3. The van der Waals surface area contributed by atoms with Crippen molar-refractivity contribution in [2.45, 2.75) is 26.2 Å². The van der Waals surface area contributed by atoms with Gasteiger partial charge in [0.15, 0.2) is 0 Å². The van der Waals surface area contributed by atoms with Crippen LogP contribution in [0.3, 0.4) is 0 Å². The summed E-state index contributed by atoms with van der Waals surface area (Å²) in [5.74, 6) is -0.247. The molecule has 0 aliphatic heterocycles. The lowest BCUT2D eigenvalue weighted by Crippen LogP contribution is -2.12. The quantitative estimate of drug-likeness (QED) is 0.0972. The molecule has 1 atom stereocenters. The van der Waals surface area contributed by atoms with Gasteiger partial charge in [-0.15, -0.1) is 0 Å². The van der Waals surface area contributed by atoms with Gasteiger partial charge in [-0.3, -0.25) is 4.98 Å². The van der Waals surface area contributed by atoms with Crippen molar-refractivity contribution >= 4 is 11.9 Å². The van der Waals surface area contributed by atoms with Crippen LogP contribution in [-0.4, -0.2) is 27.2 Å². The zero-order chi connectivity index (χ0) is 25.7. The van der Waals surface area contributed by atoms with Gasteiger partial charge in [0.05, 0.1) is 5.71 Å². The highest BCUT2D eigenvalue weighted by atomic mass is 19.1. The summed E-state index contributed by atoms with van der Waals surface area (Å²) in [5, 5.41) is 22.2. The number of hydrogen-bond acceptors (Lipinski definition) is 5. The molecule has 0 amide bonds. The van der Waals surface area contributed by atoms with Crippen LogP contribution in [0.1, 0.15) is 40.3 Å². The second-order valence-electron chi connectivity index (χ2n) is 8.50. The van der Waals surface area contributed by atoms with E-state index in [1.54, 1.807) is 42.6 Å². The third-order valence-corrected chi connectivity index (χ3v) is 6.06. The summed E-state index contributed by atoms with van der Waals surface area (Å²) in [4.78, 5) is 14.9. The Morgan fingerprint density at radius 3 is 2.22 bits per heavy atom. The molecule has 0 saturated carbocycles. The molecule has 0 fully saturated rings. The van der Waals surface area contributed by atoms with Crippen molar-refractivity contribution in [1.82, 2.24) is 4.98 Å². The van der Waals surface area contributed by atoms with E-state index in [1.165, 1.54) is 12.1 Å². The summed E-state index contributed by atoms with van der Waals surface area (Å²) in [7, 11) is 0. The van der Waals surface area contributed by atoms with Gasteiger partial charge in [-0.1, -0.05) is 47.6 Å². The SMILES string of the molecule is Cc1cc(/C(CC(c2ccc(-c3ccc(OC(=O)O)cc3)cc2)c2ccc(F)cc2C)=N/O)ccn1. The molecule has 182 valence electrons. The van der Waals surface area contributed by atoms with Crippen molar-refractivity contribution < 1.29 is 24.2 Å². The molecule has 0 radical (unpaired) electrons. The van der Waals surface area contributed by atoms with Gasteiger partial charge < -0.3 is 15.1 Å². The molecule has 7 heteroatoms. The fraction of sp³-hybridized carbons (Fsp3) is 0.138. The van der Waals surface area contributed by atoms with E-state index >= 15 is 0 Å². The lowest BCUT2D eigenvalue weighted by molar-refractivity contribution is 0.144. The van der Waals surface area contributed by atoms with E-state index in [1.807, 2.05) is 44.2 Å². The number of carboxylic acid groups (broad SMARTS) is 1. The molecule has 6 nitrogen and oxygen atoms in total. The molecule has 0 saturated heterocycles. The molecule has 1 heterocycles. The number of oxime groups is 1. The summed E-state index contributed by atoms with van der Waals surface area (Å²) in [5.41, 5.74) is 6.66. The maximum absolute atomic E-state index is 13.9. The number of hydrogen-bond donors (Lipinski definition) is 2. The Balaban J connectivity index is 1.68. The molecule has 4 rings (SSSR count). The minimum Gasteiger partial charge on any atom is -0.449 e. The van der Waals surface area contributed by atoms with Crippen LogP contribution in [0.15, 0.2) is 90.2 Å². The van der Waals surface area contributed by atoms with Crippen LogP contribution >= 0.6 is 0 Å². The normalized spacial score (nSPS) is 12.2. The highest BCUT2D eigenvalue weighted by molar-refractivity contribution is 6.01. The molecule has 4 aromatic rings. The summed E-state index contributed by atoms with van der Waals surface area (Å²) in [6, 6.07) is 23.1. The van der Waals surface area contributed by atoms with Crippen LogP contribution in [0.4, 0.5) is 9.18 Å². The maximum Gasteiger partial charge on any atom is 0.511 e. The minimum absolute atomic E-state index is 0.189. The molecule has 0 aliphatic rings. The molecule has 3 aromatic carbocycles. The number of pyridine rings is 1. The first-order valence-electron chi connectivity index (χ1n) is 11.3. The molecule has 1 unspecified atom stereocenters. The monoisotopic (exact) mass is 484 g/mol. The van der Waals surface area contributed by atoms with E-state index < -0.39 is 6.16 Å². The molecule has 0 aliphatic carbocycles. The Morgan fingerprint density at radius 1 is 0.972 bits per heavy atom. The summed E-state index contributed by atoms with van der Waals surface area (Å²) >= 11 is 0. The van der Waals surface area contributed by atoms with Gasteiger partial charge >= 0.3 is 6.16 Å². The van der Waals surface area contributed by atoms with Gasteiger partial charge in [-0.25, -0.2) is 9.18 Å². The Labute approximate surface area is 208 Å². The number of nitrogens with zero attached hydrogens (tertiary/aromatic N) is 2. The third-order valence-electron chi connectivity index (χ3n) is 6.06. The van der Waals surface area contributed by atoms with E-state index in [0.717, 1.165) is 39.1 Å². The molecule has 1 aromatic heterocycles. The highest BCUT2D eigenvalue weighted by Gasteiger charge is 2.21. The summed E-state index contributed by atoms with van der Waals surface area (Å²) < 4.78 is 18.5. The number of rotatable bonds is 7. The average molecular weight is 485 g/mol. The standard InChI is InChI=1S/C29H25FN2O4/c1-18-15-24(30)9-12-26(18)27(17-28(32-35)23-13-14-31-19(2)16-23)22-5-3-20(4-6-22)21-7-10-25(11-8-21)36-29(33)34/h3-16,27,35H,17H2,1-2H3,(H,33,34)/b32-28+. The Hall–Kier alpha value is -4.52. The number of carbonyl (C=O) groups is 1. The topological polar surface area (TPSA) is 92.0 Å². The molecule has 2 N–H and O–H groups in total. The Bertz CT molecular complexity index is 1400. The highest BCUT2D eigenvalue weighted by Crippen LogP contribution is 2.34. The van der Waals surface area contributed by atoms with Crippen molar-refractivity contribution in [2.75, 3.05) is 0 Å². The largest absolute Gasteiger partial charge is 0.511 e. The van der Waals surface area contributed by atoms with E-state index in [0.29, 0.717) is 12.1 Å². The van der Waals surface area contributed by atoms with E-state index in [4.69, 9.17) is 5.11 Å². The number of halogens is 1. The van der Waals surface area contributed by atoms with E-state index in [-0.39, 0.29) is 17.5 Å². The second kappa shape index (κ2) is 10.8. The number of aromatic nitrogens is 1. The first-order chi connectivity index (χ1) is 17.3. The maximum atomic E-state index is 13.9. The first kappa shape index (κ1) is 24.6. The van der Waals surface area contributed by atoms with Gasteiger partial charge in [0, 0.05) is 29.8 Å². The van der Waals surface area contributed by atoms with Crippen LogP contribution in [-0.2, 0) is 0 Å². The van der Waals surface area contributed by atoms with E-state index in [9.17, 15) is 14.4 Å². The smallest absolute Gasteiger partial charge is 0.449 e. The van der Waals surface area contributed by atoms with Gasteiger partial charge in [-0.05, 0) is 78.1 Å². The summed E-state index contributed by atoms with van der Waals surface area (Å²) in [6.07, 6.45) is 0.713. The molecular weight excluding hydrogens is 459 g/mol. The Morgan fingerprint density at radius 2 is 1.64 bits per heavy atom. The van der Waals surface area contributed by atoms with Crippen LogP contribution in [0.2, 0.25) is 0 Å². The fourth-order valence-electron chi connectivity index (χ4n) is 4.30. The van der Waals surface area contributed by atoms with E-state index in [2.05, 4.69) is 14.9 Å². The van der Waals surface area contributed by atoms with Gasteiger partial charge in [0.2, 0.25) is 0 Å². The van der Waals surface area contributed by atoms with Crippen molar-refractivity contribution in [3.8, 4) is 16.9 Å². The predicted octanol–water partition coefficient (Wildman–Crippen LogP) is 6.96. The number of benzene rings is 3. The van der Waals surface area contributed by atoms with Crippen molar-refractivity contribution in [3.63, 3.8) is 0 Å². The second-order valence-corrected chi connectivity index (χ2v) is 8.50. The number of ether oxygens (including phenoxy) is 1. The van der Waals surface area contributed by atoms with Crippen molar-refractivity contribution in [1.29, 1.82) is 0 Å². The van der Waals surface area contributed by atoms with Crippen LogP contribution in [0.25, 0.3) is 11.1 Å². The van der Waals surface area contributed by atoms with Gasteiger partial charge in [0.25, 0.3) is 0 Å². The zero-order valence-corrected chi connectivity index (χ0v) is 19.9. The number of aryl methyl sites for hydroxylation is 2. The predicted molar refractivity (Wildman–Crippen MR) is 135 cm³/mol. The van der Waals surface area contributed by atoms with Crippen molar-refractivity contribution in [2.24, 2.45) is 5.16 Å². The minimum atomic E-state index is -1.36. The lowest BCUT2D eigenvalue weighted by Gasteiger charge is -2.21. The van der Waals surface area contributed by atoms with Gasteiger partial charge in [0.1, 0.15) is 11.6 Å². The van der Waals surface area contributed by atoms with Gasteiger partial charge in [-0.2, -0.15) is 0 Å². The molecular formula is C29H25FN2O4.